The molecule has 1 aromatic rings. The number of hydrogen-bond acceptors (Lipinski definition) is 5. The van der Waals surface area contributed by atoms with Gasteiger partial charge >= 0.3 is 0 Å². The quantitative estimate of drug-likeness (QED) is 0.779. The lowest BCUT2D eigenvalue weighted by Gasteiger charge is -2.08. The molecule has 0 fully saturated rings. The lowest BCUT2D eigenvalue weighted by atomic mass is 10.3. The van der Waals surface area contributed by atoms with Gasteiger partial charge in [-0.1, -0.05) is 13.3 Å². The van der Waals surface area contributed by atoms with Gasteiger partial charge < -0.3 is 20.7 Å². The average Bonchev–Trinajstić information content (AvgIpc) is 2.65. The van der Waals surface area contributed by atoms with E-state index in [4.69, 9.17) is 10.5 Å². The predicted octanol–water partition coefficient (Wildman–Crippen LogP) is 2.25. The third-order valence-corrected chi connectivity index (χ3v) is 3.65. The summed E-state index contributed by atoms with van der Waals surface area (Å²) in [5, 5.41) is 4.09. The number of methoxy groups -OCH3 is 1. The number of anilines is 2. The fourth-order valence-corrected chi connectivity index (χ4v) is 2.63. The highest BCUT2D eigenvalue weighted by Crippen LogP contribution is 2.42. The number of nitrogen functional groups attached to an aromatic ring is 1. The van der Waals surface area contributed by atoms with Crippen LogP contribution in [-0.2, 0) is 0 Å². The van der Waals surface area contributed by atoms with Crippen LogP contribution in [0.15, 0.2) is 0 Å². The van der Waals surface area contributed by atoms with E-state index in [1.807, 2.05) is 0 Å². The van der Waals surface area contributed by atoms with Crippen molar-refractivity contribution in [3.63, 3.8) is 0 Å². The van der Waals surface area contributed by atoms with Crippen molar-refractivity contribution < 1.29 is 9.53 Å². The predicted molar refractivity (Wildman–Crippen MR) is 76.7 cm³/mol. The molecule has 0 aliphatic rings. The first-order chi connectivity index (χ1) is 8.52. The molecule has 0 bridgehead atoms. The molecular formula is C12H21N3O2S. The third kappa shape index (κ3) is 3.07. The van der Waals surface area contributed by atoms with Crippen LogP contribution in [0.25, 0.3) is 0 Å². The summed E-state index contributed by atoms with van der Waals surface area (Å²) in [6.45, 7) is 2.98. The number of rotatable bonds is 6. The van der Waals surface area contributed by atoms with E-state index in [9.17, 15) is 4.79 Å². The molecule has 0 saturated carbocycles. The largest absolute Gasteiger partial charge is 0.492 e. The van der Waals surface area contributed by atoms with E-state index < -0.39 is 0 Å². The lowest BCUT2D eigenvalue weighted by molar-refractivity contribution is 0.0833. The molecule has 0 saturated heterocycles. The minimum atomic E-state index is -0.0978. The van der Waals surface area contributed by atoms with Gasteiger partial charge in [0.25, 0.3) is 5.91 Å². The number of carbonyl (C=O) groups is 1. The van der Waals surface area contributed by atoms with E-state index in [-0.39, 0.29) is 5.91 Å². The molecule has 18 heavy (non-hydrogen) atoms. The van der Waals surface area contributed by atoms with Crippen LogP contribution >= 0.6 is 11.3 Å². The molecule has 0 spiro atoms. The van der Waals surface area contributed by atoms with E-state index in [1.165, 1.54) is 16.2 Å². The highest BCUT2D eigenvalue weighted by molar-refractivity contribution is 7.19. The minimum Gasteiger partial charge on any atom is -0.492 e. The Labute approximate surface area is 112 Å². The Hall–Kier alpha value is -1.43. The molecule has 1 rings (SSSR count). The molecule has 0 aromatic carbocycles. The molecule has 1 amide bonds. The second-order valence-corrected chi connectivity index (χ2v) is 5.21. The first-order valence-electron chi connectivity index (χ1n) is 5.94. The highest BCUT2D eigenvalue weighted by Gasteiger charge is 2.22. The van der Waals surface area contributed by atoms with E-state index in [1.54, 1.807) is 21.2 Å². The van der Waals surface area contributed by atoms with Gasteiger partial charge in [-0.2, -0.15) is 0 Å². The Balaban J connectivity index is 2.97. The van der Waals surface area contributed by atoms with Crippen LogP contribution in [0, 0.1) is 0 Å². The number of nitrogens with zero attached hydrogens (tertiary/aromatic N) is 1. The average molecular weight is 271 g/mol. The maximum absolute atomic E-state index is 11.9. The van der Waals surface area contributed by atoms with Gasteiger partial charge in [0, 0.05) is 20.6 Å². The summed E-state index contributed by atoms with van der Waals surface area (Å²) in [4.78, 5) is 14.0. The summed E-state index contributed by atoms with van der Waals surface area (Å²) in [5.74, 6) is 0.473. The van der Waals surface area contributed by atoms with E-state index in [0.717, 1.165) is 24.4 Å². The van der Waals surface area contributed by atoms with Gasteiger partial charge in [0.15, 0.2) is 5.75 Å². The Bertz CT molecular complexity index is 416. The second kappa shape index (κ2) is 6.49. The number of amides is 1. The van der Waals surface area contributed by atoms with E-state index in [2.05, 4.69) is 12.2 Å². The van der Waals surface area contributed by atoms with Crippen molar-refractivity contribution in [2.24, 2.45) is 0 Å². The van der Waals surface area contributed by atoms with Crippen LogP contribution in [0.3, 0.4) is 0 Å². The number of hydrogen-bond donors (Lipinski definition) is 2. The summed E-state index contributed by atoms with van der Waals surface area (Å²) >= 11 is 1.35. The topological polar surface area (TPSA) is 67.6 Å². The van der Waals surface area contributed by atoms with Crippen molar-refractivity contribution in [1.82, 2.24) is 4.90 Å². The number of nitrogens with one attached hydrogen (secondary N) is 1. The monoisotopic (exact) mass is 271 g/mol. The van der Waals surface area contributed by atoms with Crippen LogP contribution in [0.4, 0.5) is 10.7 Å². The first-order valence-corrected chi connectivity index (χ1v) is 6.76. The minimum absolute atomic E-state index is 0.0978. The van der Waals surface area contributed by atoms with Gasteiger partial charge in [0.1, 0.15) is 15.6 Å². The molecule has 1 aromatic heterocycles. The number of nitrogens with two attached hydrogens (primary N) is 1. The van der Waals surface area contributed by atoms with E-state index in [0.29, 0.717) is 16.3 Å². The van der Waals surface area contributed by atoms with Gasteiger partial charge in [-0.25, -0.2) is 0 Å². The third-order valence-electron chi connectivity index (χ3n) is 2.52. The molecule has 0 atom stereocenters. The summed E-state index contributed by atoms with van der Waals surface area (Å²) < 4.78 is 5.27. The van der Waals surface area contributed by atoms with Gasteiger partial charge in [0.2, 0.25) is 0 Å². The fraction of sp³-hybridized carbons (Fsp3) is 0.583. The summed E-state index contributed by atoms with van der Waals surface area (Å²) in [5.41, 5.74) is 6.37. The maximum Gasteiger partial charge on any atom is 0.265 e. The molecular weight excluding hydrogens is 250 g/mol. The summed E-state index contributed by atoms with van der Waals surface area (Å²) in [6.07, 6.45) is 2.18. The number of ether oxygens (including phenoxy) is 1. The van der Waals surface area contributed by atoms with Gasteiger partial charge in [0.05, 0.1) is 7.11 Å². The van der Waals surface area contributed by atoms with Gasteiger partial charge in [-0.15, -0.1) is 11.3 Å². The first kappa shape index (κ1) is 14.6. The molecule has 102 valence electrons. The standard InChI is InChI=1S/C12H21N3O2S/c1-5-6-7-14-11-9(17-4)8(13)10(18-11)12(16)15(2)3/h14H,5-7,13H2,1-4H3. The van der Waals surface area contributed by atoms with Crippen LogP contribution in [0.5, 0.6) is 5.75 Å². The van der Waals surface area contributed by atoms with Gasteiger partial charge in [-0.05, 0) is 6.42 Å². The second-order valence-electron chi connectivity index (χ2n) is 4.19. The van der Waals surface area contributed by atoms with Crippen molar-refractivity contribution in [3.05, 3.63) is 4.88 Å². The molecule has 0 unspecified atom stereocenters. The van der Waals surface area contributed by atoms with Crippen molar-refractivity contribution in [2.45, 2.75) is 19.8 Å². The van der Waals surface area contributed by atoms with Crippen LogP contribution in [-0.4, -0.2) is 38.6 Å². The molecule has 0 aliphatic carbocycles. The Morgan fingerprint density at radius 1 is 1.50 bits per heavy atom. The van der Waals surface area contributed by atoms with Crippen molar-refractivity contribution >= 4 is 27.9 Å². The maximum atomic E-state index is 11.9. The van der Waals surface area contributed by atoms with Crippen molar-refractivity contribution in [2.75, 3.05) is 38.8 Å². The van der Waals surface area contributed by atoms with Gasteiger partial charge in [-0.3, -0.25) is 4.79 Å². The lowest BCUT2D eigenvalue weighted by Crippen LogP contribution is -2.21. The summed E-state index contributed by atoms with van der Waals surface area (Å²) in [6, 6.07) is 0. The molecule has 0 radical (unpaired) electrons. The molecule has 6 heteroatoms. The normalized spacial score (nSPS) is 10.2. The zero-order chi connectivity index (χ0) is 13.7. The number of thiophene rings is 1. The smallest absolute Gasteiger partial charge is 0.265 e. The molecule has 3 N–H and O–H groups in total. The van der Waals surface area contributed by atoms with Crippen LogP contribution in [0.2, 0.25) is 0 Å². The zero-order valence-electron chi connectivity index (χ0n) is 11.4. The number of unbranched alkanes of at least 4 members (excludes halogenated alkanes) is 1. The van der Waals surface area contributed by atoms with E-state index >= 15 is 0 Å². The Kier molecular flexibility index (Phi) is 5.27. The SMILES string of the molecule is CCCCNc1sc(C(=O)N(C)C)c(N)c1OC. The van der Waals surface area contributed by atoms with Crippen molar-refractivity contribution in [1.29, 1.82) is 0 Å². The molecule has 0 aliphatic heterocycles. The molecule has 1 heterocycles. The van der Waals surface area contributed by atoms with Crippen LogP contribution < -0.4 is 15.8 Å². The fourth-order valence-electron chi connectivity index (χ4n) is 1.49. The highest BCUT2D eigenvalue weighted by atomic mass is 32.1. The zero-order valence-corrected chi connectivity index (χ0v) is 12.2. The summed E-state index contributed by atoms with van der Waals surface area (Å²) in [7, 11) is 4.98. The molecule has 5 nitrogen and oxygen atoms in total. The number of carbonyl (C=O) groups excluding carboxylic acids is 1. The Morgan fingerprint density at radius 2 is 2.17 bits per heavy atom. The van der Waals surface area contributed by atoms with Crippen molar-refractivity contribution in [3.8, 4) is 5.75 Å². The van der Waals surface area contributed by atoms with Crippen LogP contribution in [0.1, 0.15) is 29.4 Å². The Morgan fingerprint density at radius 3 is 2.67 bits per heavy atom.